The number of alkyl halides is 3. The van der Waals surface area contributed by atoms with Crippen molar-refractivity contribution < 1.29 is 36.9 Å². The Bertz CT molecular complexity index is 943. The van der Waals surface area contributed by atoms with Gasteiger partial charge in [0.05, 0.1) is 18.7 Å². The van der Waals surface area contributed by atoms with Crippen molar-refractivity contribution >= 4 is 11.8 Å². The molecule has 10 heteroatoms. The summed E-state index contributed by atoms with van der Waals surface area (Å²) in [6, 6.07) is 7.22. The Morgan fingerprint density at radius 1 is 1.12 bits per heavy atom. The van der Waals surface area contributed by atoms with E-state index in [9.17, 15) is 27.5 Å². The van der Waals surface area contributed by atoms with Crippen LogP contribution in [0.3, 0.4) is 0 Å². The molecule has 2 rings (SSSR count). The Kier molecular flexibility index (Phi) is 7.95. The molecule has 3 N–H and O–H groups in total. The molecule has 0 atom stereocenters. The number of halogens is 4. The molecule has 32 heavy (non-hydrogen) atoms. The predicted molar refractivity (Wildman–Crippen MR) is 110 cm³/mol. The van der Waals surface area contributed by atoms with Crippen molar-refractivity contribution in [2.75, 3.05) is 18.9 Å². The fourth-order valence-corrected chi connectivity index (χ4v) is 2.79. The minimum atomic E-state index is -4.83. The Morgan fingerprint density at radius 3 is 2.41 bits per heavy atom. The Labute approximate surface area is 183 Å². The Morgan fingerprint density at radius 2 is 1.81 bits per heavy atom. The number of aliphatic hydroxyl groups excluding tert-OH is 1. The van der Waals surface area contributed by atoms with Gasteiger partial charge in [-0.3, -0.25) is 0 Å². The fraction of sp³-hybridized carbons (Fsp3) is 0.409. The minimum Gasteiger partial charge on any atom is -0.489 e. The van der Waals surface area contributed by atoms with Crippen LogP contribution in [0.5, 0.6) is 5.75 Å². The fourth-order valence-electron chi connectivity index (χ4n) is 2.79. The number of aliphatic hydroxyl groups is 1. The maximum absolute atomic E-state index is 13.5. The highest BCUT2D eigenvalue weighted by atomic mass is 19.4. The first-order chi connectivity index (χ1) is 14.8. The van der Waals surface area contributed by atoms with Crippen molar-refractivity contribution in [3.05, 3.63) is 58.9 Å². The summed E-state index contributed by atoms with van der Waals surface area (Å²) in [5.41, 5.74) is 4.66. The average molecular weight is 458 g/mol. The molecule has 0 saturated carbocycles. The lowest BCUT2D eigenvalue weighted by Gasteiger charge is -2.27. The van der Waals surface area contributed by atoms with Gasteiger partial charge in [-0.25, -0.2) is 9.18 Å². The summed E-state index contributed by atoms with van der Waals surface area (Å²) in [7, 11) is 0. The largest absolute Gasteiger partial charge is 0.489 e. The normalized spacial score (nSPS) is 11.9. The highest BCUT2D eigenvalue weighted by molar-refractivity contribution is 5.68. The van der Waals surface area contributed by atoms with E-state index >= 15 is 0 Å². The highest BCUT2D eigenvalue weighted by Gasteiger charge is 2.34. The van der Waals surface area contributed by atoms with Crippen LogP contribution in [0.2, 0.25) is 0 Å². The SMILES string of the molecule is CC(C)(C)OC(=O)N(CCO)Cc1cc(N)ccc1OCc1ccc(F)c(C(F)(F)F)c1. The number of hydrogen-bond donors (Lipinski definition) is 2. The molecule has 0 saturated heterocycles. The summed E-state index contributed by atoms with van der Waals surface area (Å²) in [4.78, 5) is 13.7. The smallest absolute Gasteiger partial charge is 0.419 e. The monoisotopic (exact) mass is 458 g/mol. The van der Waals surface area contributed by atoms with E-state index in [-0.39, 0.29) is 37.6 Å². The van der Waals surface area contributed by atoms with Gasteiger partial charge < -0.3 is 25.2 Å². The second-order valence-corrected chi connectivity index (χ2v) is 8.09. The summed E-state index contributed by atoms with van der Waals surface area (Å²) < 4.78 is 63.3. The van der Waals surface area contributed by atoms with Crippen LogP contribution >= 0.6 is 0 Å². The minimum absolute atomic E-state index is 0.0178. The van der Waals surface area contributed by atoms with Crippen molar-refractivity contribution in [3.63, 3.8) is 0 Å². The topological polar surface area (TPSA) is 85.0 Å². The lowest BCUT2D eigenvalue weighted by atomic mass is 10.1. The quantitative estimate of drug-likeness (QED) is 0.463. The molecule has 0 aromatic heterocycles. The van der Waals surface area contributed by atoms with Crippen molar-refractivity contribution in [2.45, 2.75) is 45.7 Å². The van der Waals surface area contributed by atoms with Gasteiger partial charge in [-0.2, -0.15) is 13.2 Å². The van der Waals surface area contributed by atoms with E-state index in [2.05, 4.69) is 0 Å². The average Bonchev–Trinajstić information content (AvgIpc) is 2.66. The molecule has 0 heterocycles. The number of carbonyl (C=O) groups excluding carboxylic acids is 1. The van der Waals surface area contributed by atoms with E-state index in [1.165, 1.54) is 23.1 Å². The van der Waals surface area contributed by atoms with E-state index in [0.717, 1.165) is 6.07 Å². The number of benzene rings is 2. The number of nitrogens with zero attached hydrogens (tertiary/aromatic N) is 1. The number of anilines is 1. The first-order valence-electron chi connectivity index (χ1n) is 9.76. The molecule has 1 amide bonds. The van der Waals surface area contributed by atoms with Crippen LogP contribution in [0.1, 0.15) is 37.5 Å². The van der Waals surface area contributed by atoms with Gasteiger partial charge in [0.1, 0.15) is 23.8 Å². The van der Waals surface area contributed by atoms with Crippen LogP contribution in [0.4, 0.5) is 28.0 Å². The van der Waals surface area contributed by atoms with Crippen LogP contribution in [0, 0.1) is 5.82 Å². The molecule has 0 unspecified atom stereocenters. The molecule has 0 fully saturated rings. The third-order valence-corrected chi connectivity index (χ3v) is 4.20. The van der Waals surface area contributed by atoms with Gasteiger partial charge in [-0.1, -0.05) is 6.07 Å². The number of carbonyl (C=O) groups is 1. The van der Waals surface area contributed by atoms with Gasteiger partial charge >= 0.3 is 12.3 Å². The zero-order valence-corrected chi connectivity index (χ0v) is 18.0. The molecule has 0 aliphatic heterocycles. The Balaban J connectivity index is 2.23. The molecular weight excluding hydrogens is 432 g/mol. The zero-order chi connectivity index (χ0) is 24.1. The summed E-state index contributed by atoms with van der Waals surface area (Å²) in [6.07, 6.45) is -5.49. The van der Waals surface area contributed by atoms with Crippen molar-refractivity contribution in [1.82, 2.24) is 4.90 Å². The molecule has 6 nitrogen and oxygen atoms in total. The van der Waals surface area contributed by atoms with Gasteiger partial charge in [0.2, 0.25) is 0 Å². The van der Waals surface area contributed by atoms with E-state index in [1.807, 2.05) is 0 Å². The predicted octanol–water partition coefficient (Wildman–Crippen LogP) is 4.74. The first-order valence-corrected chi connectivity index (χ1v) is 9.76. The number of nitrogen functional groups attached to an aromatic ring is 1. The molecule has 0 aliphatic carbocycles. The number of rotatable bonds is 7. The highest BCUT2D eigenvalue weighted by Crippen LogP contribution is 2.32. The molecule has 2 aromatic rings. The number of amides is 1. The van der Waals surface area contributed by atoms with Crippen LogP contribution in [-0.4, -0.2) is 34.9 Å². The maximum Gasteiger partial charge on any atom is 0.419 e. The molecule has 2 aromatic carbocycles. The third-order valence-electron chi connectivity index (χ3n) is 4.20. The van der Waals surface area contributed by atoms with Gasteiger partial charge in [-0.05, 0) is 56.7 Å². The zero-order valence-electron chi connectivity index (χ0n) is 18.0. The van der Waals surface area contributed by atoms with Gasteiger partial charge in [-0.15, -0.1) is 0 Å². The molecular formula is C22H26F4N2O4. The summed E-state index contributed by atoms with van der Waals surface area (Å²) in [5.74, 6) is -1.10. The molecule has 0 spiro atoms. The molecule has 0 aliphatic rings. The number of nitrogens with two attached hydrogens (primary N) is 1. The van der Waals surface area contributed by atoms with Gasteiger partial charge in [0.25, 0.3) is 0 Å². The van der Waals surface area contributed by atoms with Crippen molar-refractivity contribution in [3.8, 4) is 5.75 Å². The maximum atomic E-state index is 13.5. The number of hydrogen-bond acceptors (Lipinski definition) is 5. The second kappa shape index (κ2) is 10.1. The molecule has 176 valence electrons. The van der Waals surface area contributed by atoms with Crippen LogP contribution < -0.4 is 10.5 Å². The van der Waals surface area contributed by atoms with Crippen LogP contribution in [0.25, 0.3) is 0 Å². The van der Waals surface area contributed by atoms with E-state index < -0.39 is 29.3 Å². The van der Waals surface area contributed by atoms with E-state index in [1.54, 1.807) is 26.8 Å². The standard InChI is InChI=1S/C22H26F4N2O4/c1-21(2,3)32-20(30)28(8-9-29)12-15-11-16(27)5-7-19(15)31-13-14-4-6-18(23)17(10-14)22(24,25)26/h4-7,10-11,29H,8-9,12-13,27H2,1-3H3. The van der Waals surface area contributed by atoms with E-state index in [4.69, 9.17) is 15.2 Å². The number of ether oxygens (including phenoxy) is 2. The molecule has 0 radical (unpaired) electrons. The van der Waals surface area contributed by atoms with Crippen molar-refractivity contribution in [2.24, 2.45) is 0 Å². The third kappa shape index (κ3) is 7.30. The van der Waals surface area contributed by atoms with E-state index in [0.29, 0.717) is 17.3 Å². The van der Waals surface area contributed by atoms with Crippen LogP contribution in [-0.2, 0) is 24.1 Å². The Hall–Kier alpha value is -3.01. The summed E-state index contributed by atoms with van der Waals surface area (Å²) >= 11 is 0. The summed E-state index contributed by atoms with van der Waals surface area (Å²) in [5, 5.41) is 9.32. The summed E-state index contributed by atoms with van der Waals surface area (Å²) in [6.45, 7) is 4.49. The van der Waals surface area contributed by atoms with Gasteiger partial charge in [0.15, 0.2) is 0 Å². The van der Waals surface area contributed by atoms with Crippen molar-refractivity contribution in [1.29, 1.82) is 0 Å². The lowest BCUT2D eigenvalue weighted by Crippen LogP contribution is -2.38. The van der Waals surface area contributed by atoms with Gasteiger partial charge in [0, 0.05) is 17.8 Å². The lowest BCUT2D eigenvalue weighted by molar-refractivity contribution is -0.140. The second-order valence-electron chi connectivity index (χ2n) is 8.09. The first kappa shape index (κ1) is 25.3. The molecule has 0 bridgehead atoms. The van der Waals surface area contributed by atoms with Crippen LogP contribution in [0.15, 0.2) is 36.4 Å².